The summed E-state index contributed by atoms with van der Waals surface area (Å²) in [7, 11) is 1.66. The van der Waals surface area contributed by atoms with Crippen molar-refractivity contribution in [2.24, 2.45) is 0 Å². The molecule has 2 aromatic rings. The second kappa shape index (κ2) is 6.07. The Kier molecular flexibility index (Phi) is 3.99. The van der Waals surface area contributed by atoms with E-state index in [1.165, 1.54) is 0 Å². The molecule has 1 N–H and O–H groups in total. The summed E-state index contributed by atoms with van der Waals surface area (Å²) in [4.78, 5) is 6.72. The van der Waals surface area contributed by atoms with E-state index < -0.39 is 0 Å². The van der Waals surface area contributed by atoms with E-state index in [0.29, 0.717) is 0 Å². The minimum Gasteiger partial charge on any atom is -0.497 e. The predicted molar refractivity (Wildman–Crippen MR) is 76.6 cm³/mol. The highest BCUT2D eigenvalue weighted by Gasteiger charge is 2.13. The number of benzene rings is 1. The molecule has 5 nitrogen and oxygen atoms in total. The summed E-state index contributed by atoms with van der Waals surface area (Å²) < 4.78 is 11.0. The molecule has 106 valence electrons. The predicted octanol–water partition coefficient (Wildman–Crippen LogP) is 1.76. The Balaban J connectivity index is 1.68. The van der Waals surface area contributed by atoms with Gasteiger partial charge in [0.25, 0.3) is 0 Å². The van der Waals surface area contributed by atoms with Crippen molar-refractivity contribution in [2.75, 3.05) is 33.3 Å². The molecule has 1 fully saturated rings. The molecule has 0 radical (unpaired) electrons. The SMILES string of the molecule is COc1ccc(-c2cnc(CN3CCNCC3)o2)cc1. The third-order valence-corrected chi connectivity index (χ3v) is 3.50. The van der Waals surface area contributed by atoms with Crippen molar-refractivity contribution < 1.29 is 9.15 Å². The van der Waals surface area contributed by atoms with Crippen molar-refractivity contribution in [3.63, 3.8) is 0 Å². The average Bonchev–Trinajstić information content (AvgIpc) is 2.97. The Bertz CT molecular complexity index is 545. The Morgan fingerprint density at radius 1 is 1.25 bits per heavy atom. The lowest BCUT2D eigenvalue weighted by atomic mass is 10.2. The molecule has 1 aromatic carbocycles. The number of methoxy groups -OCH3 is 1. The molecular formula is C15H19N3O2. The number of aromatic nitrogens is 1. The standard InChI is InChI=1S/C15H19N3O2/c1-19-13-4-2-12(3-5-13)14-10-17-15(20-14)11-18-8-6-16-7-9-18/h2-5,10,16H,6-9,11H2,1H3. The van der Waals surface area contributed by atoms with Crippen molar-refractivity contribution in [3.8, 4) is 17.1 Å². The highest BCUT2D eigenvalue weighted by atomic mass is 16.5. The van der Waals surface area contributed by atoms with Crippen LogP contribution in [-0.4, -0.2) is 43.2 Å². The highest BCUT2D eigenvalue weighted by molar-refractivity contribution is 5.57. The lowest BCUT2D eigenvalue weighted by molar-refractivity contribution is 0.213. The fraction of sp³-hybridized carbons (Fsp3) is 0.400. The van der Waals surface area contributed by atoms with E-state index in [9.17, 15) is 0 Å². The van der Waals surface area contributed by atoms with Gasteiger partial charge in [-0.3, -0.25) is 4.90 Å². The Morgan fingerprint density at radius 3 is 2.70 bits per heavy atom. The van der Waals surface area contributed by atoms with E-state index in [1.54, 1.807) is 13.3 Å². The molecule has 0 amide bonds. The molecule has 3 rings (SSSR count). The summed E-state index contributed by atoms with van der Waals surface area (Å²) in [5.74, 6) is 2.42. The Hall–Kier alpha value is -1.85. The summed E-state index contributed by atoms with van der Waals surface area (Å²) in [6, 6.07) is 7.81. The highest BCUT2D eigenvalue weighted by Crippen LogP contribution is 2.23. The number of oxazole rings is 1. The lowest BCUT2D eigenvalue weighted by Gasteiger charge is -2.25. The monoisotopic (exact) mass is 273 g/mol. The van der Waals surface area contributed by atoms with Crippen LogP contribution in [0.25, 0.3) is 11.3 Å². The molecule has 0 bridgehead atoms. The summed E-state index contributed by atoms with van der Waals surface area (Å²) in [5, 5.41) is 3.34. The zero-order valence-corrected chi connectivity index (χ0v) is 11.6. The number of nitrogens with one attached hydrogen (secondary N) is 1. The van der Waals surface area contributed by atoms with Crippen LogP contribution in [0, 0.1) is 0 Å². The van der Waals surface area contributed by atoms with Gasteiger partial charge in [0.2, 0.25) is 5.89 Å². The van der Waals surface area contributed by atoms with Crippen molar-refractivity contribution >= 4 is 0 Å². The van der Waals surface area contributed by atoms with Gasteiger partial charge in [-0.05, 0) is 24.3 Å². The van der Waals surface area contributed by atoms with Gasteiger partial charge in [0.05, 0.1) is 19.9 Å². The quantitative estimate of drug-likeness (QED) is 0.920. The van der Waals surface area contributed by atoms with Gasteiger partial charge < -0.3 is 14.5 Å². The lowest BCUT2D eigenvalue weighted by Crippen LogP contribution is -2.42. The van der Waals surface area contributed by atoms with Gasteiger partial charge in [-0.1, -0.05) is 0 Å². The van der Waals surface area contributed by atoms with Crippen LogP contribution in [0.5, 0.6) is 5.75 Å². The Morgan fingerprint density at radius 2 is 2.00 bits per heavy atom. The van der Waals surface area contributed by atoms with Gasteiger partial charge in [0.15, 0.2) is 5.76 Å². The first-order chi connectivity index (χ1) is 9.85. The van der Waals surface area contributed by atoms with E-state index in [2.05, 4.69) is 15.2 Å². The molecule has 0 spiro atoms. The first kappa shape index (κ1) is 13.1. The number of piperazine rings is 1. The molecule has 1 saturated heterocycles. The Labute approximate surface area is 118 Å². The summed E-state index contributed by atoms with van der Waals surface area (Å²) in [6.07, 6.45) is 1.79. The van der Waals surface area contributed by atoms with Gasteiger partial charge in [-0.15, -0.1) is 0 Å². The zero-order valence-electron chi connectivity index (χ0n) is 11.6. The normalized spacial score (nSPS) is 16.2. The molecule has 1 aliphatic heterocycles. The minimum atomic E-state index is 0.776. The number of nitrogens with zero attached hydrogens (tertiary/aromatic N) is 2. The van der Waals surface area contributed by atoms with Crippen LogP contribution >= 0.6 is 0 Å². The second-order valence-electron chi connectivity index (χ2n) is 4.87. The van der Waals surface area contributed by atoms with Crippen LogP contribution in [0.2, 0.25) is 0 Å². The van der Waals surface area contributed by atoms with Gasteiger partial charge >= 0.3 is 0 Å². The van der Waals surface area contributed by atoms with E-state index in [0.717, 1.165) is 55.7 Å². The summed E-state index contributed by atoms with van der Waals surface area (Å²) >= 11 is 0. The number of ether oxygens (including phenoxy) is 1. The van der Waals surface area contributed by atoms with Gasteiger partial charge in [-0.25, -0.2) is 4.98 Å². The zero-order chi connectivity index (χ0) is 13.8. The number of hydrogen-bond acceptors (Lipinski definition) is 5. The smallest absolute Gasteiger partial charge is 0.209 e. The number of rotatable bonds is 4. The molecule has 1 aliphatic rings. The van der Waals surface area contributed by atoms with Crippen LogP contribution in [0.3, 0.4) is 0 Å². The minimum absolute atomic E-state index is 0.776. The summed E-state index contributed by atoms with van der Waals surface area (Å²) in [6.45, 7) is 4.93. The molecule has 0 aliphatic carbocycles. The average molecular weight is 273 g/mol. The van der Waals surface area contributed by atoms with E-state index >= 15 is 0 Å². The molecule has 2 heterocycles. The molecule has 0 unspecified atom stereocenters. The fourth-order valence-corrected chi connectivity index (χ4v) is 2.33. The van der Waals surface area contributed by atoms with Crippen molar-refractivity contribution in [1.82, 2.24) is 15.2 Å². The molecule has 0 atom stereocenters. The van der Waals surface area contributed by atoms with E-state index in [4.69, 9.17) is 9.15 Å². The molecule has 20 heavy (non-hydrogen) atoms. The van der Waals surface area contributed by atoms with E-state index in [1.807, 2.05) is 24.3 Å². The van der Waals surface area contributed by atoms with Crippen molar-refractivity contribution in [3.05, 3.63) is 36.4 Å². The molecular weight excluding hydrogens is 254 g/mol. The van der Waals surface area contributed by atoms with E-state index in [-0.39, 0.29) is 0 Å². The van der Waals surface area contributed by atoms with Crippen LogP contribution in [-0.2, 0) is 6.54 Å². The second-order valence-corrected chi connectivity index (χ2v) is 4.87. The van der Waals surface area contributed by atoms with Crippen LogP contribution in [0.15, 0.2) is 34.9 Å². The third-order valence-electron chi connectivity index (χ3n) is 3.50. The molecule has 1 aromatic heterocycles. The number of hydrogen-bond donors (Lipinski definition) is 1. The largest absolute Gasteiger partial charge is 0.497 e. The summed E-state index contributed by atoms with van der Waals surface area (Å²) in [5.41, 5.74) is 1.02. The van der Waals surface area contributed by atoms with Gasteiger partial charge in [0, 0.05) is 31.7 Å². The molecule has 0 saturated carbocycles. The molecule has 5 heteroatoms. The first-order valence-electron chi connectivity index (χ1n) is 6.87. The van der Waals surface area contributed by atoms with Crippen molar-refractivity contribution in [1.29, 1.82) is 0 Å². The van der Waals surface area contributed by atoms with Crippen LogP contribution in [0.1, 0.15) is 5.89 Å². The topological polar surface area (TPSA) is 50.5 Å². The first-order valence-corrected chi connectivity index (χ1v) is 6.87. The fourth-order valence-electron chi connectivity index (χ4n) is 2.33. The third kappa shape index (κ3) is 3.00. The van der Waals surface area contributed by atoms with Crippen LogP contribution in [0.4, 0.5) is 0 Å². The maximum Gasteiger partial charge on any atom is 0.209 e. The van der Waals surface area contributed by atoms with Gasteiger partial charge in [0.1, 0.15) is 5.75 Å². The maximum atomic E-state index is 5.83. The van der Waals surface area contributed by atoms with Gasteiger partial charge in [-0.2, -0.15) is 0 Å². The maximum absolute atomic E-state index is 5.83. The van der Waals surface area contributed by atoms with Crippen molar-refractivity contribution in [2.45, 2.75) is 6.54 Å². The van der Waals surface area contributed by atoms with Crippen LogP contribution < -0.4 is 10.1 Å².